The summed E-state index contributed by atoms with van der Waals surface area (Å²) >= 11 is 0. The molecule has 0 heterocycles. The third-order valence-corrected chi connectivity index (χ3v) is 8.74. The zero-order valence-corrected chi connectivity index (χ0v) is 24.9. The van der Waals surface area contributed by atoms with Gasteiger partial charge in [-0.1, -0.05) is 19.1 Å². The Bertz CT molecular complexity index is 1490. The second-order valence-electron chi connectivity index (χ2n) is 11.3. The minimum absolute atomic E-state index is 0.0636. The largest absolute Gasteiger partial charge is 0.507 e. The van der Waals surface area contributed by atoms with Crippen molar-refractivity contribution in [1.82, 2.24) is 9.80 Å². The highest BCUT2D eigenvalue weighted by Gasteiger charge is 2.62. The standard InChI is InChI=1S/C31H39FN4O6/c1-7-36(4)15-16-11-12-17-19(13-16)27(38)23-18(25(17)32)9-8-10-20-26(35(2)3)28(39)24(30(34)40)29(33)31(20,42-6)22(41-5)14-21(23)37/h11-14,20,24,26,33,38H,7-10,15H2,1-6H3,(H2,34,40). The zero-order valence-electron chi connectivity index (χ0n) is 24.9. The minimum atomic E-state index is -1.80. The van der Waals surface area contributed by atoms with Crippen molar-refractivity contribution in [2.75, 3.05) is 41.9 Å². The van der Waals surface area contributed by atoms with E-state index < -0.39 is 52.5 Å². The molecule has 2 aliphatic rings. The number of carbonyl (C=O) groups is 3. The van der Waals surface area contributed by atoms with Crippen LogP contribution >= 0.6 is 0 Å². The van der Waals surface area contributed by atoms with Gasteiger partial charge in [0.15, 0.2) is 17.2 Å². The summed E-state index contributed by atoms with van der Waals surface area (Å²) in [5.41, 5.74) is 4.09. The summed E-state index contributed by atoms with van der Waals surface area (Å²) in [7, 11) is 7.88. The van der Waals surface area contributed by atoms with Gasteiger partial charge in [-0.25, -0.2) is 4.39 Å². The number of benzene rings is 2. The van der Waals surface area contributed by atoms with E-state index >= 15 is 4.39 Å². The molecular weight excluding hydrogens is 543 g/mol. The van der Waals surface area contributed by atoms with Gasteiger partial charge in [0.05, 0.1) is 24.4 Å². The molecule has 0 aliphatic heterocycles. The number of methoxy groups -OCH3 is 2. The van der Waals surface area contributed by atoms with E-state index in [1.807, 2.05) is 14.0 Å². The van der Waals surface area contributed by atoms with Crippen molar-refractivity contribution in [2.24, 2.45) is 17.6 Å². The number of rotatable bonds is 7. The summed E-state index contributed by atoms with van der Waals surface area (Å²) in [4.78, 5) is 43.7. The van der Waals surface area contributed by atoms with Crippen molar-refractivity contribution < 1.29 is 33.4 Å². The van der Waals surface area contributed by atoms with E-state index in [2.05, 4.69) is 4.90 Å². The van der Waals surface area contributed by atoms with Crippen molar-refractivity contribution in [3.8, 4) is 5.75 Å². The number of fused-ring (bicyclic) bond motifs is 3. The van der Waals surface area contributed by atoms with Gasteiger partial charge in [-0.3, -0.25) is 19.3 Å². The highest BCUT2D eigenvalue weighted by molar-refractivity contribution is 6.26. The second kappa shape index (κ2) is 11.9. The molecule has 0 spiro atoms. The van der Waals surface area contributed by atoms with E-state index in [0.29, 0.717) is 6.54 Å². The van der Waals surface area contributed by atoms with Crippen molar-refractivity contribution in [1.29, 1.82) is 5.41 Å². The number of ketones is 2. The third-order valence-electron chi connectivity index (χ3n) is 8.74. The number of aromatic hydroxyl groups is 1. The number of phenolic OH excluding ortho intramolecular Hbond substituents is 1. The number of likely N-dealkylation sites (N-methyl/N-ethyl adjacent to an activating group) is 1. The molecule has 2 aromatic rings. The number of allylic oxidation sites excluding steroid dienone is 1. The molecule has 0 aromatic heterocycles. The minimum Gasteiger partial charge on any atom is -0.507 e. The van der Waals surface area contributed by atoms with Gasteiger partial charge in [-0.2, -0.15) is 0 Å². The van der Waals surface area contributed by atoms with Crippen molar-refractivity contribution >= 4 is 34.0 Å². The number of Topliss-reactive ketones (excluding diaryl/α,β-unsaturated/α-hetero) is 1. The first kappa shape index (κ1) is 31.3. The summed E-state index contributed by atoms with van der Waals surface area (Å²) in [6.45, 7) is 3.37. The van der Waals surface area contributed by atoms with E-state index in [0.717, 1.165) is 18.2 Å². The summed E-state index contributed by atoms with van der Waals surface area (Å²) in [5.74, 6) is -5.77. The molecular formula is C31H39FN4O6. The number of nitrogens with two attached hydrogens (primary N) is 1. The molecule has 11 heteroatoms. The lowest BCUT2D eigenvalue weighted by Crippen LogP contribution is -2.68. The van der Waals surface area contributed by atoms with Crippen LogP contribution in [0.15, 0.2) is 30.0 Å². The lowest BCUT2D eigenvalue weighted by Gasteiger charge is -2.50. The predicted molar refractivity (Wildman–Crippen MR) is 156 cm³/mol. The van der Waals surface area contributed by atoms with Crippen LogP contribution in [-0.2, 0) is 32.0 Å². The van der Waals surface area contributed by atoms with E-state index in [-0.39, 0.29) is 52.7 Å². The molecule has 4 unspecified atom stereocenters. The Morgan fingerprint density at radius 3 is 2.48 bits per heavy atom. The maximum absolute atomic E-state index is 16.1. The number of nitrogens with one attached hydrogen (secondary N) is 1. The number of ether oxygens (including phenoxy) is 2. The third kappa shape index (κ3) is 4.89. The topological polar surface area (TPSA) is 146 Å². The molecule has 1 fully saturated rings. The van der Waals surface area contributed by atoms with E-state index in [4.69, 9.17) is 20.6 Å². The fourth-order valence-corrected chi connectivity index (χ4v) is 6.64. The smallest absolute Gasteiger partial charge is 0.233 e. The molecule has 1 amide bonds. The van der Waals surface area contributed by atoms with E-state index in [1.165, 1.54) is 14.2 Å². The Morgan fingerprint density at radius 1 is 1.21 bits per heavy atom. The number of halogens is 1. The van der Waals surface area contributed by atoms with Crippen LogP contribution in [0.25, 0.3) is 10.8 Å². The molecule has 4 N–H and O–H groups in total. The first-order valence-electron chi connectivity index (χ1n) is 13.9. The van der Waals surface area contributed by atoms with Crippen molar-refractivity contribution in [3.05, 3.63) is 52.5 Å². The molecule has 2 aliphatic carbocycles. The number of hydrogen-bond acceptors (Lipinski definition) is 9. The summed E-state index contributed by atoms with van der Waals surface area (Å²) in [6.07, 6.45) is 1.66. The van der Waals surface area contributed by atoms with Crippen LogP contribution in [0.4, 0.5) is 4.39 Å². The van der Waals surface area contributed by atoms with Crippen LogP contribution in [0.3, 0.4) is 0 Å². The molecule has 10 nitrogen and oxygen atoms in total. The van der Waals surface area contributed by atoms with Gasteiger partial charge in [0.2, 0.25) is 5.91 Å². The molecule has 0 radical (unpaired) electrons. The molecule has 226 valence electrons. The van der Waals surface area contributed by atoms with Crippen LogP contribution in [0.1, 0.15) is 41.3 Å². The van der Waals surface area contributed by atoms with Crippen LogP contribution in [0.2, 0.25) is 0 Å². The summed E-state index contributed by atoms with van der Waals surface area (Å²) < 4.78 is 27.8. The van der Waals surface area contributed by atoms with Gasteiger partial charge in [0.25, 0.3) is 0 Å². The lowest BCUT2D eigenvalue weighted by molar-refractivity contribution is -0.141. The number of primary amides is 1. The van der Waals surface area contributed by atoms with Crippen LogP contribution in [0, 0.1) is 23.1 Å². The molecule has 0 saturated heterocycles. The monoisotopic (exact) mass is 582 g/mol. The molecule has 0 bridgehead atoms. The second-order valence-corrected chi connectivity index (χ2v) is 11.3. The quantitative estimate of drug-likeness (QED) is 0.423. The average molecular weight is 583 g/mol. The fraction of sp³-hybridized carbons (Fsp3) is 0.484. The Hall–Kier alpha value is -3.67. The first-order chi connectivity index (χ1) is 19.8. The Labute approximate surface area is 244 Å². The molecule has 4 atom stereocenters. The number of amides is 1. The van der Waals surface area contributed by atoms with E-state index in [9.17, 15) is 19.5 Å². The molecule has 4 rings (SSSR count). The highest BCUT2D eigenvalue weighted by Crippen LogP contribution is 2.46. The summed E-state index contributed by atoms with van der Waals surface area (Å²) in [5, 5.41) is 20.9. The molecule has 1 saturated carbocycles. The van der Waals surface area contributed by atoms with Gasteiger partial charge in [0.1, 0.15) is 23.2 Å². The average Bonchev–Trinajstić information content (AvgIpc) is 2.94. The van der Waals surface area contributed by atoms with Gasteiger partial charge in [-0.05, 0) is 58.6 Å². The van der Waals surface area contributed by atoms with E-state index in [1.54, 1.807) is 37.2 Å². The highest BCUT2D eigenvalue weighted by atomic mass is 19.1. The van der Waals surface area contributed by atoms with Crippen LogP contribution in [-0.4, -0.2) is 91.6 Å². The fourth-order valence-electron chi connectivity index (χ4n) is 6.64. The predicted octanol–water partition coefficient (Wildman–Crippen LogP) is 2.82. The zero-order chi connectivity index (χ0) is 31.1. The maximum atomic E-state index is 16.1. The van der Waals surface area contributed by atoms with Crippen LogP contribution < -0.4 is 5.73 Å². The summed E-state index contributed by atoms with van der Waals surface area (Å²) in [6, 6.07) is 4.18. The van der Waals surface area contributed by atoms with Gasteiger partial charge < -0.3 is 30.6 Å². The molecule has 42 heavy (non-hydrogen) atoms. The number of phenols is 1. The van der Waals surface area contributed by atoms with Crippen molar-refractivity contribution in [3.63, 3.8) is 0 Å². The number of carbonyl (C=O) groups excluding carboxylic acids is 3. The van der Waals surface area contributed by atoms with Gasteiger partial charge in [0, 0.05) is 42.0 Å². The van der Waals surface area contributed by atoms with Crippen LogP contribution in [0.5, 0.6) is 5.75 Å². The first-order valence-corrected chi connectivity index (χ1v) is 13.9. The van der Waals surface area contributed by atoms with Gasteiger partial charge in [-0.15, -0.1) is 0 Å². The Kier molecular flexibility index (Phi) is 8.86. The lowest BCUT2D eigenvalue weighted by atomic mass is 9.62. The molecule has 2 aromatic carbocycles. The number of hydrogen-bond donors (Lipinski definition) is 3. The number of nitrogens with zero attached hydrogens (tertiary/aromatic N) is 2. The maximum Gasteiger partial charge on any atom is 0.233 e. The Balaban J connectivity index is 1.99. The van der Waals surface area contributed by atoms with Crippen molar-refractivity contribution in [2.45, 2.75) is 44.4 Å². The van der Waals surface area contributed by atoms with Gasteiger partial charge >= 0.3 is 0 Å². The Morgan fingerprint density at radius 2 is 1.90 bits per heavy atom. The SMILES string of the molecule is CCN(C)Cc1ccc2c(F)c3c(c(O)c2c1)C(=O)C=C(OC)C1(OC)C(=N)C(C(N)=O)C(=O)C(N(C)C)C1CCC3. The normalized spacial score (nSPS) is 24.9.